The molecule has 0 radical (unpaired) electrons. The molecule has 0 saturated carbocycles. The van der Waals surface area contributed by atoms with Gasteiger partial charge in [0.15, 0.2) is 0 Å². The van der Waals surface area contributed by atoms with Crippen molar-refractivity contribution in [2.45, 2.75) is 97.4 Å². The zero-order valence-corrected chi connectivity index (χ0v) is 26.4. The highest BCUT2D eigenvalue weighted by molar-refractivity contribution is 5.99. The number of amides is 3. The fourth-order valence-corrected chi connectivity index (χ4v) is 5.10. The lowest BCUT2D eigenvalue weighted by molar-refractivity contribution is -0.123. The molecule has 9 nitrogen and oxygen atoms in total. The van der Waals surface area contributed by atoms with Gasteiger partial charge in [0, 0.05) is 43.4 Å². The lowest BCUT2D eigenvalue weighted by Gasteiger charge is -2.27. The number of benzene rings is 2. The summed E-state index contributed by atoms with van der Waals surface area (Å²) in [6.07, 6.45) is 3.04. The Morgan fingerprint density at radius 2 is 1.79 bits per heavy atom. The average Bonchev–Trinajstić information content (AvgIpc) is 3.41. The Bertz CT molecular complexity index is 1190. The van der Waals surface area contributed by atoms with Crippen LogP contribution in [0.1, 0.15) is 82.6 Å². The molecule has 9 heteroatoms. The van der Waals surface area contributed by atoms with Crippen LogP contribution in [0.5, 0.6) is 5.75 Å². The number of aliphatic hydroxyl groups excluding tert-OH is 1. The largest absolute Gasteiger partial charge is 0.491 e. The molecule has 1 aliphatic heterocycles. The van der Waals surface area contributed by atoms with Crippen LogP contribution in [0, 0.1) is 5.92 Å². The lowest BCUT2D eigenvalue weighted by Crippen LogP contribution is -2.52. The molecule has 1 saturated heterocycles. The minimum atomic E-state index is -0.971. The van der Waals surface area contributed by atoms with Crippen molar-refractivity contribution in [1.29, 1.82) is 0 Å². The number of hydrogen-bond acceptors (Lipinski definition) is 6. The highest BCUT2D eigenvalue weighted by atomic mass is 16.5. The van der Waals surface area contributed by atoms with E-state index in [1.807, 2.05) is 58.0 Å². The van der Waals surface area contributed by atoms with Crippen molar-refractivity contribution in [2.75, 3.05) is 24.5 Å². The van der Waals surface area contributed by atoms with Crippen LogP contribution in [0.4, 0.5) is 5.69 Å². The summed E-state index contributed by atoms with van der Waals surface area (Å²) in [5, 5.41) is 20.7. The van der Waals surface area contributed by atoms with Crippen molar-refractivity contribution < 1.29 is 24.2 Å². The van der Waals surface area contributed by atoms with Crippen molar-refractivity contribution in [1.82, 2.24) is 16.0 Å². The maximum atomic E-state index is 13.7. The standard InChI is InChI=1S/C34H50N4O5/c1-6-7-14-29(34(42)36-21-23(2)3)35-22-31(39)30(17-25-12-9-8-10-13-25)37-33(41)26-18-27(38-16-11-15-32(38)40)20-28(19-26)43-24(4)5/h8-10,12-13,18-20,23-24,29-31,35,39H,6-7,11,14-17,21-22H2,1-5H3,(H,36,42)(H,37,41)/t29-,30-,31-/m0/s1. The molecule has 2 aromatic rings. The normalized spacial score (nSPS) is 15.4. The molecule has 1 heterocycles. The van der Waals surface area contributed by atoms with E-state index in [9.17, 15) is 19.5 Å². The van der Waals surface area contributed by atoms with Gasteiger partial charge in [-0.25, -0.2) is 0 Å². The minimum absolute atomic E-state index is 0.0200. The molecule has 236 valence electrons. The van der Waals surface area contributed by atoms with E-state index < -0.39 is 18.2 Å². The summed E-state index contributed by atoms with van der Waals surface area (Å²) in [4.78, 5) is 40.8. The molecule has 0 aromatic heterocycles. The van der Waals surface area contributed by atoms with Crippen molar-refractivity contribution >= 4 is 23.4 Å². The summed E-state index contributed by atoms with van der Waals surface area (Å²) in [7, 11) is 0. The predicted molar refractivity (Wildman–Crippen MR) is 170 cm³/mol. The maximum absolute atomic E-state index is 13.7. The van der Waals surface area contributed by atoms with Gasteiger partial charge in [-0.2, -0.15) is 0 Å². The fourth-order valence-electron chi connectivity index (χ4n) is 5.10. The second kappa shape index (κ2) is 17.0. The van der Waals surface area contributed by atoms with Crippen LogP contribution < -0.4 is 25.6 Å². The lowest BCUT2D eigenvalue weighted by atomic mass is 9.99. The number of hydrogen-bond donors (Lipinski definition) is 4. The van der Waals surface area contributed by atoms with E-state index in [0.29, 0.717) is 55.3 Å². The first-order valence-corrected chi connectivity index (χ1v) is 15.7. The van der Waals surface area contributed by atoms with Gasteiger partial charge in [-0.1, -0.05) is 63.9 Å². The number of ether oxygens (including phenoxy) is 1. The van der Waals surface area contributed by atoms with Gasteiger partial charge in [-0.15, -0.1) is 0 Å². The Hall–Kier alpha value is -3.43. The molecule has 3 amide bonds. The molecule has 4 N–H and O–H groups in total. The highest BCUT2D eigenvalue weighted by Crippen LogP contribution is 2.28. The zero-order valence-electron chi connectivity index (χ0n) is 26.4. The van der Waals surface area contributed by atoms with E-state index in [0.717, 1.165) is 24.8 Å². The number of nitrogens with one attached hydrogen (secondary N) is 3. The third kappa shape index (κ3) is 11.0. The van der Waals surface area contributed by atoms with E-state index in [1.165, 1.54) is 0 Å². The Balaban J connectivity index is 1.81. The van der Waals surface area contributed by atoms with Crippen LogP contribution in [-0.4, -0.2) is 66.8 Å². The zero-order chi connectivity index (χ0) is 31.4. The van der Waals surface area contributed by atoms with Gasteiger partial charge in [0.05, 0.1) is 24.3 Å². The van der Waals surface area contributed by atoms with E-state index >= 15 is 0 Å². The minimum Gasteiger partial charge on any atom is -0.491 e. The van der Waals surface area contributed by atoms with Crippen molar-refractivity contribution in [3.63, 3.8) is 0 Å². The van der Waals surface area contributed by atoms with E-state index in [-0.39, 0.29) is 30.4 Å². The third-order valence-electron chi connectivity index (χ3n) is 7.41. The van der Waals surface area contributed by atoms with E-state index in [4.69, 9.17) is 4.74 Å². The molecule has 0 bridgehead atoms. The third-order valence-corrected chi connectivity index (χ3v) is 7.41. The molecular formula is C34H50N4O5. The van der Waals surface area contributed by atoms with Crippen molar-refractivity contribution in [3.8, 4) is 5.75 Å². The quantitative estimate of drug-likeness (QED) is 0.218. The average molecular weight is 595 g/mol. The van der Waals surface area contributed by atoms with Crippen LogP contribution >= 0.6 is 0 Å². The summed E-state index contributed by atoms with van der Waals surface area (Å²) in [6.45, 7) is 11.3. The molecule has 0 spiro atoms. The number of carbonyl (C=O) groups is 3. The Kier molecular flexibility index (Phi) is 13.5. The smallest absolute Gasteiger partial charge is 0.251 e. The number of rotatable bonds is 17. The second-order valence-corrected chi connectivity index (χ2v) is 12.1. The van der Waals surface area contributed by atoms with Crippen LogP contribution in [0.25, 0.3) is 0 Å². The Morgan fingerprint density at radius 3 is 2.42 bits per heavy atom. The molecule has 0 unspecified atom stereocenters. The SMILES string of the molecule is CCCC[C@H](NC[C@H](O)[C@H](Cc1ccccc1)NC(=O)c1cc(OC(C)C)cc(N2CCCC2=O)c1)C(=O)NCC(C)C. The monoisotopic (exact) mass is 594 g/mol. The number of aliphatic hydroxyl groups is 1. The van der Waals surface area contributed by atoms with Crippen LogP contribution in [0.2, 0.25) is 0 Å². The molecule has 1 fully saturated rings. The Labute approximate surface area is 256 Å². The summed E-state index contributed by atoms with van der Waals surface area (Å²) in [5.41, 5.74) is 1.93. The first-order valence-electron chi connectivity index (χ1n) is 15.7. The van der Waals surface area contributed by atoms with Crippen LogP contribution in [-0.2, 0) is 16.0 Å². The van der Waals surface area contributed by atoms with Crippen molar-refractivity contribution in [2.24, 2.45) is 5.92 Å². The topological polar surface area (TPSA) is 120 Å². The summed E-state index contributed by atoms with van der Waals surface area (Å²) in [5.74, 6) is 0.403. The second-order valence-electron chi connectivity index (χ2n) is 12.1. The number of carbonyl (C=O) groups excluding carboxylic acids is 3. The van der Waals surface area contributed by atoms with Gasteiger partial charge in [0.1, 0.15) is 5.75 Å². The number of unbranched alkanes of at least 4 members (excludes halogenated alkanes) is 1. The van der Waals surface area contributed by atoms with E-state index in [1.54, 1.807) is 23.1 Å². The van der Waals surface area contributed by atoms with Gasteiger partial charge in [-0.3, -0.25) is 14.4 Å². The Morgan fingerprint density at radius 1 is 1.05 bits per heavy atom. The molecule has 3 rings (SSSR count). The molecule has 3 atom stereocenters. The molecular weight excluding hydrogens is 544 g/mol. The van der Waals surface area contributed by atoms with Crippen LogP contribution in [0.3, 0.4) is 0 Å². The summed E-state index contributed by atoms with van der Waals surface area (Å²) < 4.78 is 5.93. The molecule has 2 aromatic carbocycles. The van der Waals surface area contributed by atoms with Gasteiger partial charge >= 0.3 is 0 Å². The summed E-state index contributed by atoms with van der Waals surface area (Å²) in [6, 6.07) is 13.8. The van der Waals surface area contributed by atoms with Gasteiger partial charge < -0.3 is 30.7 Å². The number of nitrogens with zero attached hydrogens (tertiary/aromatic N) is 1. The van der Waals surface area contributed by atoms with Gasteiger partial charge in [0.2, 0.25) is 11.8 Å². The molecule has 1 aliphatic rings. The predicted octanol–water partition coefficient (Wildman–Crippen LogP) is 4.22. The first-order chi connectivity index (χ1) is 20.6. The van der Waals surface area contributed by atoms with Gasteiger partial charge in [-0.05, 0) is 56.7 Å². The fraction of sp³-hybridized carbons (Fsp3) is 0.559. The molecule has 43 heavy (non-hydrogen) atoms. The molecule has 0 aliphatic carbocycles. The number of anilines is 1. The van der Waals surface area contributed by atoms with Gasteiger partial charge in [0.25, 0.3) is 5.91 Å². The van der Waals surface area contributed by atoms with E-state index in [2.05, 4.69) is 22.9 Å². The highest BCUT2D eigenvalue weighted by Gasteiger charge is 2.27. The first kappa shape index (κ1) is 34.1. The maximum Gasteiger partial charge on any atom is 0.251 e. The van der Waals surface area contributed by atoms with Crippen molar-refractivity contribution in [3.05, 3.63) is 59.7 Å². The summed E-state index contributed by atoms with van der Waals surface area (Å²) >= 11 is 0. The van der Waals surface area contributed by atoms with Crippen LogP contribution in [0.15, 0.2) is 48.5 Å².